The summed E-state index contributed by atoms with van der Waals surface area (Å²) >= 11 is 3.51. The molecule has 2 rings (SSSR count). The van der Waals surface area contributed by atoms with Crippen molar-refractivity contribution in [3.05, 3.63) is 52.0 Å². The zero-order chi connectivity index (χ0) is 17.5. The summed E-state index contributed by atoms with van der Waals surface area (Å²) in [6.45, 7) is -1.61. The van der Waals surface area contributed by atoms with E-state index in [0.29, 0.717) is 24.6 Å². The predicted octanol–water partition coefficient (Wildman–Crippen LogP) is 4.36. The van der Waals surface area contributed by atoms with E-state index in [1.54, 1.807) is 26.4 Å². The molecule has 0 saturated carbocycles. The van der Waals surface area contributed by atoms with E-state index in [9.17, 15) is 8.78 Å². The van der Waals surface area contributed by atoms with Gasteiger partial charge in [0.2, 0.25) is 0 Å². The van der Waals surface area contributed by atoms with E-state index in [1.807, 2.05) is 12.1 Å². The summed E-state index contributed by atoms with van der Waals surface area (Å²) in [7, 11) is 3.18. The number of hydrogen-bond donors (Lipinski definition) is 1. The van der Waals surface area contributed by atoms with Crippen molar-refractivity contribution in [2.24, 2.45) is 0 Å². The van der Waals surface area contributed by atoms with Crippen LogP contribution in [0.1, 0.15) is 11.1 Å². The van der Waals surface area contributed by atoms with Gasteiger partial charge in [0.15, 0.2) is 11.5 Å². The fraction of sp³-hybridized carbons (Fsp3) is 0.294. The first-order valence-electron chi connectivity index (χ1n) is 7.18. The van der Waals surface area contributed by atoms with Crippen molar-refractivity contribution in [3.8, 4) is 17.2 Å². The van der Waals surface area contributed by atoms with Crippen LogP contribution in [0.4, 0.5) is 8.78 Å². The molecule has 0 unspecified atom stereocenters. The minimum atomic E-state index is -2.81. The van der Waals surface area contributed by atoms with E-state index in [2.05, 4.69) is 26.0 Å². The zero-order valence-corrected chi connectivity index (χ0v) is 14.9. The van der Waals surface area contributed by atoms with Crippen LogP contribution in [0.15, 0.2) is 40.9 Å². The van der Waals surface area contributed by atoms with Crippen LogP contribution in [-0.2, 0) is 13.1 Å². The number of hydrogen-bond acceptors (Lipinski definition) is 4. The molecule has 0 amide bonds. The highest BCUT2D eigenvalue weighted by molar-refractivity contribution is 9.10. The van der Waals surface area contributed by atoms with Crippen LogP contribution < -0.4 is 19.5 Å². The van der Waals surface area contributed by atoms with Crippen LogP contribution in [0.3, 0.4) is 0 Å². The summed E-state index contributed by atoms with van der Waals surface area (Å²) in [5.74, 6) is 1.46. The number of alkyl halides is 2. The van der Waals surface area contributed by atoms with Gasteiger partial charge < -0.3 is 19.5 Å². The zero-order valence-electron chi connectivity index (χ0n) is 13.3. The number of rotatable bonds is 8. The highest BCUT2D eigenvalue weighted by Gasteiger charge is 2.09. The van der Waals surface area contributed by atoms with Crippen LogP contribution in [0.5, 0.6) is 17.2 Å². The second-order valence-corrected chi connectivity index (χ2v) is 5.78. The van der Waals surface area contributed by atoms with E-state index in [0.717, 1.165) is 15.6 Å². The molecule has 1 N–H and O–H groups in total. The smallest absolute Gasteiger partial charge is 0.387 e. The van der Waals surface area contributed by atoms with Gasteiger partial charge >= 0.3 is 6.61 Å². The lowest BCUT2D eigenvalue weighted by Gasteiger charge is -2.13. The predicted molar refractivity (Wildman–Crippen MR) is 90.9 cm³/mol. The molecule has 130 valence electrons. The summed E-state index contributed by atoms with van der Waals surface area (Å²) < 4.78 is 40.0. The molecule has 2 aromatic carbocycles. The van der Waals surface area contributed by atoms with Gasteiger partial charge in [-0.3, -0.25) is 0 Å². The van der Waals surface area contributed by atoms with Gasteiger partial charge in [-0.1, -0.05) is 28.1 Å². The Morgan fingerprint density at radius 2 is 1.62 bits per heavy atom. The first-order chi connectivity index (χ1) is 11.5. The molecule has 0 aliphatic heterocycles. The molecule has 0 spiro atoms. The summed E-state index contributed by atoms with van der Waals surface area (Å²) in [6, 6.07) is 10.3. The van der Waals surface area contributed by atoms with Gasteiger partial charge in [0.1, 0.15) is 5.75 Å². The van der Waals surface area contributed by atoms with E-state index in [1.165, 1.54) is 12.1 Å². The van der Waals surface area contributed by atoms with E-state index in [-0.39, 0.29) is 5.75 Å². The SMILES string of the molecule is COc1cc(Br)c(CNCc2ccc(OC(F)F)cc2)cc1OC. The van der Waals surface area contributed by atoms with Gasteiger partial charge in [-0.15, -0.1) is 0 Å². The first kappa shape index (κ1) is 18.5. The quantitative estimate of drug-likeness (QED) is 0.713. The van der Waals surface area contributed by atoms with Crippen LogP contribution in [0.2, 0.25) is 0 Å². The summed E-state index contributed by atoms with van der Waals surface area (Å²) in [4.78, 5) is 0. The van der Waals surface area contributed by atoms with Gasteiger partial charge in [-0.25, -0.2) is 0 Å². The molecule has 0 aromatic heterocycles. The topological polar surface area (TPSA) is 39.7 Å². The average Bonchev–Trinajstić information content (AvgIpc) is 2.57. The minimum Gasteiger partial charge on any atom is -0.493 e. The standard InChI is InChI=1S/C17H18BrF2NO3/c1-22-15-7-12(14(18)8-16(15)23-2)10-21-9-11-3-5-13(6-4-11)24-17(19)20/h3-8,17,21H,9-10H2,1-2H3. The molecule has 4 nitrogen and oxygen atoms in total. The second kappa shape index (κ2) is 8.84. The van der Waals surface area contributed by atoms with Crippen LogP contribution in [0.25, 0.3) is 0 Å². The van der Waals surface area contributed by atoms with Crippen molar-refractivity contribution in [2.75, 3.05) is 14.2 Å². The Morgan fingerprint density at radius 1 is 1.00 bits per heavy atom. The maximum Gasteiger partial charge on any atom is 0.387 e. The third-order valence-corrected chi connectivity index (χ3v) is 4.08. The Labute approximate surface area is 147 Å². The fourth-order valence-electron chi connectivity index (χ4n) is 2.16. The van der Waals surface area contributed by atoms with Crippen molar-refractivity contribution in [1.29, 1.82) is 0 Å². The minimum absolute atomic E-state index is 0.149. The van der Waals surface area contributed by atoms with Gasteiger partial charge in [-0.05, 0) is 35.4 Å². The molecule has 0 radical (unpaired) electrons. The Kier molecular flexibility index (Phi) is 6.81. The van der Waals surface area contributed by atoms with E-state index >= 15 is 0 Å². The van der Waals surface area contributed by atoms with Gasteiger partial charge in [0, 0.05) is 17.6 Å². The van der Waals surface area contributed by atoms with Crippen LogP contribution >= 0.6 is 15.9 Å². The Morgan fingerprint density at radius 3 is 2.21 bits per heavy atom. The lowest BCUT2D eigenvalue weighted by atomic mass is 10.2. The van der Waals surface area contributed by atoms with Crippen molar-refractivity contribution >= 4 is 15.9 Å². The maximum absolute atomic E-state index is 12.1. The highest BCUT2D eigenvalue weighted by Crippen LogP contribution is 2.33. The molecule has 0 fully saturated rings. The molecule has 7 heteroatoms. The number of methoxy groups -OCH3 is 2. The molecule has 0 saturated heterocycles. The molecule has 0 heterocycles. The number of ether oxygens (including phenoxy) is 3. The van der Waals surface area contributed by atoms with E-state index in [4.69, 9.17) is 9.47 Å². The summed E-state index contributed by atoms with van der Waals surface area (Å²) in [5.41, 5.74) is 1.98. The fourth-order valence-corrected chi connectivity index (χ4v) is 2.62. The Hall–Kier alpha value is -1.86. The molecular formula is C17H18BrF2NO3. The maximum atomic E-state index is 12.1. The lowest BCUT2D eigenvalue weighted by Crippen LogP contribution is -2.13. The molecule has 0 atom stereocenters. The largest absolute Gasteiger partial charge is 0.493 e. The molecule has 2 aromatic rings. The van der Waals surface area contributed by atoms with Crippen molar-refractivity contribution in [2.45, 2.75) is 19.7 Å². The third kappa shape index (κ3) is 5.07. The Balaban J connectivity index is 1.94. The van der Waals surface area contributed by atoms with Crippen molar-refractivity contribution < 1.29 is 23.0 Å². The number of nitrogens with one attached hydrogen (secondary N) is 1. The molecule has 0 aliphatic carbocycles. The number of benzene rings is 2. The average molecular weight is 402 g/mol. The molecular weight excluding hydrogens is 384 g/mol. The lowest BCUT2D eigenvalue weighted by molar-refractivity contribution is -0.0498. The highest BCUT2D eigenvalue weighted by atomic mass is 79.9. The molecule has 24 heavy (non-hydrogen) atoms. The number of halogens is 3. The van der Waals surface area contributed by atoms with Gasteiger partial charge in [0.05, 0.1) is 14.2 Å². The second-order valence-electron chi connectivity index (χ2n) is 4.92. The summed E-state index contributed by atoms with van der Waals surface area (Å²) in [5, 5.41) is 3.29. The van der Waals surface area contributed by atoms with Gasteiger partial charge in [0.25, 0.3) is 0 Å². The van der Waals surface area contributed by atoms with Gasteiger partial charge in [-0.2, -0.15) is 8.78 Å². The normalized spacial score (nSPS) is 10.8. The summed E-state index contributed by atoms with van der Waals surface area (Å²) in [6.07, 6.45) is 0. The van der Waals surface area contributed by atoms with Crippen molar-refractivity contribution in [3.63, 3.8) is 0 Å². The monoisotopic (exact) mass is 401 g/mol. The first-order valence-corrected chi connectivity index (χ1v) is 7.97. The van der Waals surface area contributed by atoms with E-state index < -0.39 is 6.61 Å². The van der Waals surface area contributed by atoms with Crippen LogP contribution in [0, 0.1) is 0 Å². The van der Waals surface area contributed by atoms with Crippen LogP contribution in [-0.4, -0.2) is 20.8 Å². The third-order valence-electron chi connectivity index (χ3n) is 3.35. The molecule has 0 bridgehead atoms. The Bertz CT molecular complexity index is 666. The van der Waals surface area contributed by atoms with Crippen molar-refractivity contribution in [1.82, 2.24) is 5.32 Å². The molecule has 0 aliphatic rings.